The fourth-order valence-corrected chi connectivity index (χ4v) is 3.12. The molecule has 0 spiro atoms. The topological polar surface area (TPSA) is 92.2 Å². The number of H-pyrrole nitrogens is 1. The molecule has 0 aliphatic rings. The van der Waals surface area contributed by atoms with Gasteiger partial charge in [0.2, 0.25) is 0 Å². The molecule has 0 saturated carbocycles. The molecule has 130 valence electrons. The number of hydrogen-bond acceptors (Lipinski definition) is 4. The monoisotopic (exact) mass is 347 g/mol. The van der Waals surface area contributed by atoms with Crippen LogP contribution in [0.5, 0.6) is 0 Å². The number of fused-ring (bicyclic) bond motifs is 2. The predicted octanol–water partition coefficient (Wildman–Crippen LogP) is 1.85. The van der Waals surface area contributed by atoms with Crippen molar-refractivity contribution in [2.75, 3.05) is 6.54 Å². The van der Waals surface area contributed by atoms with Crippen LogP contribution in [0.4, 0.5) is 0 Å². The van der Waals surface area contributed by atoms with Crippen LogP contribution in [-0.4, -0.2) is 32.0 Å². The summed E-state index contributed by atoms with van der Waals surface area (Å²) in [5, 5.41) is 11.9. The largest absolute Gasteiger partial charge is 0.351 e. The minimum Gasteiger partial charge on any atom is -0.351 e. The fraction of sp³-hybridized carbons (Fsp3) is 0.158. The molecule has 0 unspecified atom stereocenters. The number of aromatic nitrogens is 4. The molecule has 0 fully saturated rings. The first-order valence-electron chi connectivity index (χ1n) is 8.33. The number of benzene rings is 1. The van der Waals surface area contributed by atoms with Gasteiger partial charge in [-0.2, -0.15) is 0 Å². The summed E-state index contributed by atoms with van der Waals surface area (Å²) in [7, 11) is 0. The van der Waals surface area contributed by atoms with E-state index in [0.29, 0.717) is 18.5 Å². The summed E-state index contributed by atoms with van der Waals surface area (Å²) in [5.74, 6) is 0.369. The summed E-state index contributed by atoms with van der Waals surface area (Å²) < 4.78 is 1.88. The molecule has 7 heteroatoms. The highest BCUT2D eigenvalue weighted by Crippen LogP contribution is 2.16. The lowest BCUT2D eigenvalue weighted by Crippen LogP contribution is -2.32. The maximum atomic E-state index is 12.5. The zero-order valence-corrected chi connectivity index (χ0v) is 14.2. The van der Waals surface area contributed by atoms with Crippen LogP contribution in [-0.2, 0) is 6.42 Å². The predicted molar refractivity (Wildman–Crippen MR) is 98.3 cm³/mol. The molecule has 4 aromatic rings. The van der Waals surface area contributed by atoms with Crippen LogP contribution in [0.1, 0.15) is 21.7 Å². The Morgan fingerprint density at radius 3 is 2.85 bits per heavy atom. The number of aryl methyl sites for hydroxylation is 1. The van der Waals surface area contributed by atoms with Crippen molar-refractivity contribution in [1.29, 1.82) is 0 Å². The van der Waals surface area contributed by atoms with Gasteiger partial charge in [0.25, 0.3) is 11.5 Å². The first-order valence-corrected chi connectivity index (χ1v) is 8.33. The summed E-state index contributed by atoms with van der Waals surface area (Å²) in [6.07, 6.45) is 2.39. The quantitative estimate of drug-likeness (QED) is 0.589. The van der Waals surface area contributed by atoms with E-state index >= 15 is 0 Å². The number of rotatable bonds is 4. The Morgan fingerprint density at radius 2 is 1.96 bits per heavy atom. The highest BCUT2D eigenvalue weighted by atomic mass is 16.2. The van der Waals surface area contributed by atoms with Gasteiger partial charge in [-0.05, 0) is 30.7 Å². The molecular weight excluding hydrogens is 330 g/mol. The summed E-state index contributed by atoms with van der Waals surface area (Å²) >= 11 is 0. The number of carbonyl (C=O) groups excluding carboxylic acids is 1. The molecule has 0 radical (unpaired) electrons. The third-order valence-electron chi connectivity index (χ3n) is 4.43. The van der Waals surface area contributed by atoms with E-state index < -0.39 is 0 Å². The zero-order chi connectivity index (χ0) is 18.1. The molecule has 3 aromatic heterocycles. The molecule has 0 atom stereocenters. The number of carbonyl (C=O) groups is 1. The average Bonchev–Trinajstić information content (AvgIpc) is 3.05. The van der Waals surface area contributed by atoms with Gasteiger partial charge < -0.3 is 10.3 Å². The van der Waals surface area contributed by atoms with Gasteiger partial charge in [0.05, 0.1) is 0 Å². The molecule has 0 aliphatic heterocycles. The minimum atomic E-state index is -0.386. The molecule has 4 rings (SSSR count). The van der Waals surface area contributed by atoms with Crippen molar-refractivity contribution in [2.24, 2.45) is 0 Å². The minimum absolute atomic E-state index is 0.148. The molecule has 0 aliphatic carbocycles. The van der Waals surface area contributed by atoms with Crippen LogP contribution >= 0.6 is 0 Å². The molecule has 1 amide bonds. The summed E-state index contributed by atoms with van der Waals surface area (Å²) in [5.41, 5.74) is 1.92. The third kappa shape index (κ3) is 2.73. The van der Waals surface area contributed by atoms with Gasteiger partial charge in [-0.15, -0.1) is 10.2 Å². The number of hydrogen-bond donors (Lipinski definition) is 2. The van der Waals surface area contributed by atoms with Gasteiger partial charge in [0.15, 0.2) is 5.65 Å². The summed E-state index contributed by atoms with van der Waals surface area (Å²) in [4.78, 5) is 27.6. The van der Waals surface area contributed by atoms with Crippen LogP contribution < -0.4 is 10.9 Å². The second-order valence-electron chi connectivity index (χ2n) is 6.05. The number of nitrogens with zero attached hydrogens (tertiary/aromatic N) is 3. The van der Waals surface area contributed by atoms with Crippen molar-refractivity contribution in [3.63, 3.8) is 0 Å². The third-order valence-corrected chi connectivity index (χ3v) is 4.43. The summed E-state index contributed by atoms with van der Waals surface area (Å²) in [6.45, 7) is 2.15. The van der Waals surface area contributed by atoms with E-state index in [1.807, 2.05) is 53.1 Å². The van der Waals surface area contributed by atoms with Crippen molar-refractivity contribution < 1.29 is 4.79 Å². The van der Waals surface area contributed by atoms with Gasteiger partial charge in [0, 0.05) is 30.1 Å². The summed E-state index contributed by atoms with van der Waals surface area (Å²) in [6, 6.07) is 13.1. The van der Waals surface area contributed by atoms with Gasteiger partial charge in [-0.1, -0.05) is 24.3 Å². The first kappa shape index (κ1) is 16.0. The van der Waals surface area contributed by atoms with E-state index in [2.05, 4.69) is 20.5 Å². The van der Waals surface area contributed by atoms with E-state index in [1.165, 1.54) is 0 Å². The first-order chi connectivity index (χ1) is 12.6. The number of aromatic amines is 1. The lowest BCUT2D eigenvalue weighted by Gasteiger charge is -2.09. The highest BCUT2D eigenvalue weighted by molar-refractivity contribution is 5.99. The van der Waals surface area contributed by atoms with Crippen LogP contribution in [0.2, 0.25) is 0 Å². The Morgan fingerprint density at radius 1 is 1.15 bits per heavy atom. The van der Waals surface area contributed by atoms with Crippen LogP contribution in [0, 0.1) is 6.92 Å². The molecule has 26 heavy (non-hydrogen) atoms. The van der Waals surface area contributed by atoms with Gasteiger partial charge in [-0.25, -0.2) is 0 Å². The fourth-order valence-electron chi connectivity index (χ4n) is 3.12. The molecule has 2 N–H and O–H groups in total. The van der Waals surface area contributed by atoms with Crippen LogP contribution in [0.25, 0.3) is 16.6 Å². The Balaban J connectivity index is 1.54. The van der Waals surface area contributed by atoms with Crippen molar-refractivity contribution >= 4 is 22.5 Å². The lowest BCUT2D eigenvalue weighted by atomic mass is 10.0. The van der Waals surface area contributed by atoms with Crippen molar-refractivity contribution in [2.45, 2.75) is 13.3 Å². The molecule has 7 nitrogen and oxygen atoms in total. The van der Waals surface area contributed by atoms with Gasteiger partial charge >= 0.3 is 0 Å². The van der Waals surface area contributed by atoms with Crippen LogP contribution in [0.15, 0.2) is 53.5 Å². The Bertz CT molecular complexity index is 1180. The van der Waals surface area contributed by atoms with E-state index in [9.17, 15) is 9.59 Å². The maximum Gasteiger partial charge on any atom is 0.261 e. The van der Waals surface area contributed by atoms with Crippen molar-refractivity contribution in [3.05, 3.63) is 76.0 Å². The Labute approximate surface area is 148 Å². The highest BCUT2D eigenvalue weighted by Gasteiger charge is 2.16. The van der Waals surface area contributed by atoms with E-state index in [4.69, 9.17) is 0 Å². The van der Waals surface area contributed by atoms with Crippen LogP contribution in [0.3, 0.4) is 0 Å². The maximum absolute atomic E-state index is 12.5. The molecule has 1 aromatic carbocycles. The SMILES string of the molecule is Cc1c(C(=O)NCCc2nnc3ccccn23)c(=O)[nH]c2ccccc12. The Kier molecular flexibility index (Phi) is 3.96. The smallest absolute Gasteiger partial charge is 0.261 e. The number of nitrogens with one attached hydrogen (secondary N) is 2. The number of para-hydroxylation sites is 1. The van der Waals surface area contributed by atoms with Crippen molar-refractivity contribution in [3.8, 4) is 0 Å². The van der Waals surface area contributed by atoms with E-state index in [0.717, 1.165) is 22.4 Å². The normalized spacial score (nSPS) is 11.1. The number of pyridine rings is 2. The van der Waals surface area contributed by atoms with Gasteiger partial charge in [-0.3, -0.25) is 14.0 Å². The zero-order valence-electron chi connectivity index (χ0n) is 14.2. The Hall–Kier alpha value is -3.48. The number of amides is 1. The molecule has 0 bridgehead atoms. The van der Waals surface area contributed by atoms with E-state index in [1.54, 1.807) is 6.92 Å². The van der Waals surface area contributed by atoms with E-state index in [-0.39, 0.29) is 17.0 Å². The second kappa shape index (κ2) is 6.44. The molecular formula is C19H17N5O2. The molecule has 0 saturated heterocycles. The lowest BCUT2D eigenvalue weighted by molar-refractivity contribution is 0.0952. The second-order valence-corrected chi connectivity index (χ2v) is 6.05. The standard InChI is InChI=1S/C19H17N5O2/c1-12-13-6-2-3-7-14(13)21-19(26)17(12)18(25)20-10-9-16-23-22-15-8-4-5-11-24(15)16/h2-8,11H,9-10H2,1H3,(H,20,25)(H,21,26). The average molecular weight is 347 g/mol. The van der Waals surface area contributed by atoms with Crippen molar-refractivity contribution in [1.82, 2.24) is 24.9 Å². The van der Waals surface area contributed by atoms with Gasteiger partial charge in [0.1, 0.15) is 11.4 Å². The molecule has 3 heterocycles.